The van der Waals surface area contributed by atoms with Gasteiger partial charge in [-0.25, -0.2) is 9.37 Å². The number of ether oxygens (including phenoxy) is 3. The highest BCUT2D eigenvalue weighted by atomic mass is 16.5. The van der Waals surface area contributed by atoms with Gasteiger partial charge in [-0.05, 0) is 38.1 Å². The number of nitrogens with one attached hydrogen (secondary N) is 1. The first-order valence-electron chi connectivity index (χ1n) is 11.3. The van der Waals surface area contributed by atoms with Gasteiger partial charge in [0.1, 0.15) is 24.2 Å². The zero-order valence-corrected chi connectivity index (χ0v) is 20.4. The number of nitrogens with zero attached hydrogens (tertiary/aromatic N) is 4. The smallest absolute Gasteiger partial charge is 0.390 e. The van der Waals surface area contributed by atoms with E-state index in [1.165, 1.54) is 11.9 Å². The molecule has 3 rings (SSSR count). The fraction of sp³-hybridized carbons (Fsp3) is 0.565. The molecule has 0 aliphatic carbocycles. The number of aliphatic imine (C=N–C) groups is 1. The molecule has 34 heavy (non-hydrogen) atoms. The van der Waals surface area contributed by atoms with Crippen LogP contribution in [0.5, 0.6) is 11.5 Å². The molecule has 0 bridgehead atoms. The highest BCUT2D eigenvalue weighted by Crippen LogP contribution is 2.20. The maximum atomic E-state index is 13.0. The maximum absolute atomic E-state index is 13.0. The third-order valence-corrected chi connectivity index (χ3v) is 5.50. The summed E-state index contributed by atoms with van der Waals surface area (Å²) in [4.78, 5) is 32.3. The molecule has 0 spiro atoms. The molecule has 0 radical (unpaired) electrons. The Morgan fingerprint density at radius 3 is 2.47 bits per heavy atom. The molecular weight excluding hydrogens is 442 g/mol. The number of benzene rings is 1. The fourth-order valence-electron chi connectivity index (χ4n) is 3.67. The van der Waals surface area contributed by atoms with Crippen LogP contribution >= 0.6 is 0 Å². The summed E-state index contributed by atoms with van der Waals surface area (Å²) >= 11 is 0. The number of rotatable bonds is 11. The second kappa shape index (κ2) is 11.3. The quantitative estimate of drug-likeness (QED) is 0.353. The van der Waals surface area contributed by atoms with Crippen molar-refractivity contribution in [1.82, 2.24) is 15.1 Å². The number of amides is 3. The van der Waals surface area contributed by atoms with Crippen molar-refractivity contribution in [2.75, 3.05) is 47.5 Å². The molecule has 3 amide bonds. The summed E-state index contributed by atoms with van der Waals surface area (Å²) in [5.41, 5.74) is 0. The van der Waals surface area contributed by atoms with E-state index < -0.39 is 24.1 Å². The molecule has 11 nitrogen and oxygen atoms in total. The van der Waals surface area contributed by atoms with Crippen molar-refractivity contribution < 1.29 is 33.5 Å². The van der Waals surface area contributed by atoms with Crippen molar-refractivity contribution in [1.29, 1.82) is 0 Å². The van der Waals surface area contributed by atoms with E-state index in [4.69, 9.17) is 14.2 Å². The molecule has 2 heterocycles. The molecule has 1 aromatic rings. The molecule has 0 aromatic heterocycles. The minimum atomic E-state index is -0.918. The first kappa shape index (κ1) is 25.4. The molecule has 0 saturated carbocycles. The number of carbonyl (C=O) groups excluding carboxylic acids is 2. The second-order valence-corrected chi connectivity index (χ2v) is 8.43. The van der Waals surface area contributed by atoms with Gasteiger partial charge in [0.25, 0.3) is 5.91 Å². The highest BCUT2D eigenvalue weighted by molar-refractivity contribution is 6.22. The van der Waals surface area contributed by atoms with Crippen LogP contribution in [-0.2, 0) is 9.53 Å². The number of aliphatic hydroxyl groups excluding tert-OH is 1. The number of hydrogen-bond acceptors (Lipinski definition) is 8. The minimum Gasteiger partial charge on any atom is -0.497 e. The first-order valence-corrected chi connectivity index (χ1v) is 11.3. The lowest BCUT2D eigenvalue weighted by Gasteiger charge is -2.32. The van der Waals surface area contributed by atoms with E-state index in [0.29, 0.717) is 36.4 Å². The van der Waals surface area contributed by atoms with Gasteiger partial charge in [-0.2, -0.15) is 0 Å². The van der Waals surface area contributed by atoms with Crippen LogP contribution in [0.2, 0.25) is 0 Å². The molecule has 2 aliphatic heterocycles. The molecule has 1 saturated heterocycles. The SMILES string of the molecule is COc1ccc(OCC(O)C[N+]2=C(NCCCOC(C)C)N=C3C2C(=O)N(C)C(=O)N3C)cc1. The number of methoxy groups -OCH3 is 1. The normalized spacial score (nSPS) is 18.9. The van der Waals surface area contributed by atoms with Crippen LogP contribution in [0.15, 0.2) is 29.3 Å². The van der Waals surface area contributed by atoms with Gasteiger partial charge in [0.15, 0.2) is 0 Å². The van der Waals surface area contributed by atoms with Crippen molar-refractivity contribution in [3.05, 3.63) is 24.3 Å². The Balaban J connectivity index is 1.70. The average Bonchev–Trinajstić information content (AvgIpc) is 3.18. The van der Waals surface area contributed by atoms with E-state index in [0.717, 1.165) is 11.3 Å². The van der Waals surface area contributed by atoms with Crippen LogP contribution < -0.4 is 14.8 Å². The van der Waals surface area contributed by atoms with Gasteiger partial charge in [0, 0.05) is 27.1 Å². The van der Waals surface area contributed by atoms with Gasteiger partial charge in [-0.1, -0.05) is 4.99 Å². The van der Waals surface area contributed by atoms with Gasteiger partial charge in [-0.3, -0.25) is 19.9 Å². The lowest BCUT2D eigenvalue weighted by Crippen LogP contribution is -2.62. The van der Waals surface area contributed by atoms with Crippen molar-refractivity contribution in [2.45, 2.75) is 38.5 Å². The topological polar surface area (TPSA) is 116 Å². The molecule has 11 heteroatoms. The van der Waals surface area contributed by atoms with Crippen molar-refractivity contribution in [2.24, 2.45) is 4.99 Å². The highest BCUT2D eigenvalue weighted by Gasteiger charge is 2.51. The van der Waals surface area contributed by atoms with Gasteiger partial charge < -0.3 is 19.3 Å². The van der Waals surface area contributed by atoms with E-state index in [1.54, 1.807) is 43.0 Å². The Kier molecular flexibility index (Phi) is 8.46. The van der Waals surface area contributed by atoms with Crippen LogP contribution in [0.4, 0.5) is 4.79 Å². The van der Waals surface area contributed by atoms with Crippen molar-refractivity contribution in [3.63, 3.8) is 0 Å². The predicted molar refractivity (Wildman–Crippen MR) is 125 cm³/mol. The number of guanidine groups is 1. The zero-order chi connectivity index (χ0) is 24.8. The summed E-state index contributed by atoms with van der Waals surface area (Å²) in [5.74, 6) is 1.65. The maximum Gasteiger partial charge on any atom is 0.390 e. The summed E-state index contributed by atoms with van der Waals surface area (Å²) in [7, 11) is 4.60. The fourth-order valence-corrected chi connectivity index (χ4v) is 3.67. The Labute approximate surface area is 199 Å². The van der Waals surface area contributed by atoms with Crippen LogP contribution in [0, 0.1) is 0 Å². The summed E-state index contributed by atoms with van der Waals surface area (Å²) < 4.78 is 18.1. The molecule has 1 fully saturated rings. The number of fused-ring (bicyclic) bond motifs is 1. The predicted octanol–water partition coefficient (Wildman–Crippen LogP) is 0.513. The Hall–Kier alpha value is -3.18. The van der Waals surface area contributed by atoms with Crippen LogP contribution in [0.1, 0.15) is 20.3 Å². The van der Waals surface area contributed by atoms with E-state index in [9.17, 15) is 14.7 Å². The largest absolute Gasteiger partial charge is 0.497 e. The van der Waals surface area contributed by atoms with Gasteiger partial charge in [-0.15, -0.1) is 0 Å². The number of aliphatic hydroxyl groups is 1. The Morgan fingerprint density at radius 2 is 1.82 bits per heavy atom. The van der Waals surface area contributed by atoms with Gasteiger partial charge >= 0.3 is 12.0 Å². The lowest BCUT2D eigenvalue weighted by atomic mass is 10.1. The molecule has 2 atom stereocenters. The minimum absolute atomic E-state index is 0.0131. The van der Waals surface area contributed by atoms with E-state index in [1.807, 2.05) is 13.8 Å². The second-order valence-electron chi connectivity index (χ2n) is 8.43. The van der Waals surface area contributed by atoms with Crippen molar-refractivity contribution >= 4 is 23.7 Å². The van der Waals surface area contributed by atoms with Crippen molar-refractivity contribution in [3.8, 4) is 11.5 Å². The molecule has 2 N–H and O–H groups in total. The average molecular weight is 477 g/mol. The molecule has 1 aromatic carbocycles. The summed E-state index contributed by atoms with van der Waals surface area (Å²) in [6.07, 6.45) is -0.0391. The number of imide groups is 1. The number of amidine groups is 1. The van der Waals surface area contributed by atoms with Gasteiger partial charge in [0.2, 0.25) is 11.9 Å². The number of carbonyl (C=O) groups is 2. The number of hydrogen-bond donors (Lipinski definition) is 2. The third kappa shape index (κ3) is 5.84. The van der Waals surface area contributed by atoms with Crippen LogP contribution in [0.25, 0.3) is 0 Å². The third-order valence-electron chi connectivity index (χ3n) is 5.50. The number of urea groups is 1. The Morgan fingerprint density at radius 1 is 1.15 bits per heavy atom. The molecule has 2 aliphatic rings. The van der Waals surface area contributed by atoms with Gasteiger partial charge in [0.05, 0.1) is 26.3 Å². The van der Waals surface area contributed by atoms with E-state index >= 15 is 0 Å². The monoisotopic (exact) mass is 476 g/mol. The molecule has 186 valence electrons. The van der Waals surface area contributed by atoms with Crippen LogP contribution in [0.3, 0.4) is 0 Å². The zero-order valence-electron chi connectivity index (χ0n) is 20.4. The first-order chi connectivity index (χ1) is 16.2. The van der Waals surface area contributed by atoms with E-state index in [2.05, 4.69) is 10.3 Å². The number of likely N-dealkylation sites (N-methyl/N-ethyl adjacent to an activating group) is 2. The lowest BCUT2D eigenvalue weighted by molar-refractivity contribution is -0.545. The summed E-state index contributed by atoms with van der Waals surface area (Å²) in [6, 6.07) is 5.78. The van der Waals surface area contributed by atoms with Crippen LogP contribution in [-0.4, -0.2) is 109 Å². The standard InChI is InChI=1S/C23H33N5O6/c1-15(2)33-12-6-11-24-22-25-20-19(21(30)27(4)23(31)26(20)3)28(22)13-16(29)14-34-18-9-7-17(32-5)8-10-18/h7-10,15-16,19,29H,6,11-14H2,1-5H3/p+1. The number of β-amino-alcohol motifs (C(OH)–C–C–N with tert-alkyl or cyclic N) is 1. The molecule has 2 unspecified atom stereocenters. The summed E-state index contributed by atoms with van der Waals surface area (Å²) in [5, 5.41) is 13.9. The Bertz CT molecular complexity index is 946. The summed E-state index contributed by atoms with van der Waals surface area (Å²) in [6.45, 7) is 5.18. The molecular formula is C23H34N5O6+. The van der Waals surface area contributed by atoms with E-state index in [-0.39, 0.29) is 19.3 Å².